The molecule has 0 aliphatic rings. The summed E-state index contributed by atoms with van der Waals surface area (Å²) in [4.78, 5) is 0. The van der Waals surface area contributed by atoms with Crippen LogP contribution in [0.2, 0.25) is 0 Å². The van der Waals surface area contributed by atoms with Gasteiger partial charge in [0.1, 0.15) is 23.0 Å². The monoisotopic (exact) mass is 575 g/mol. The van der Waals surface area contributed by atoms with E-state index < -0.39 is 17.1 Å². The van der Waals surface area contributed by atoms with Crippen molar-refractivity contribution in [3.63, 3.8) is 0 Å². The Hall–Kier alpha value is -3.10. The smallest absolute Gasteiger partial charge is 0.393 e. The topological polar surface area (TPSA) is 40.2 Å². The summed E-state index contributed by atoms with van der Waals surface area (Å²) in [6, 6.07) is 24.6. The second kappa shape index (κ2) is 13.0. The molecule has 0 amide bonds. The van der Waals surface area contributed by atoms with Crippen LogP contribution in [0.15, 0.2) is 72.8 Å². The van der Waals surface area contributed by atoms with Gasteiger partial charge in [-0.3, -0.25) is 0 Å². The van der Waals surface area contributed by atoms with Crippen LogP contribution in [-0.4, -0.2) is 11.5 Å². The van der Waals surface area contributed by atoms with E-state index in [1.54, 1.807) is 0 Å². The Morgan fingerprint density at radius 1 is 0.375 bits per heavy atom. The van der Waals surface area contributed by atoms with E-state index in [2.05, 4.69) is 104 Å². The lowest BCUT2D eigenvalue weighted by Gasteiger charge is -2.32. The number of hydrogen-bond donors (Lipinski definition) is 0. The number of para-hydroxylation sites is 4. The Morgan fingerprint density at radius 3 is 0.725 bits per heavy atom. The van der Waals surface area contributed by atoms with Crippen LogP contribution in [0.5, 0.6) is 23.0 Å². The van der Waals surface area contributed by atoms with E-state index in [0.29, 0.717) is 0 Å². The first-order valence-electron chi connectivity index (χ1n) is 13.4. The summed E-state index contributed by atoms with van der Waals surface area (Å²) < 4.78 is 29.0. The summed E-state index contributed by atoms with van der Waals surface area (Å²) in [5, 5.41) is 0. The second-order valence-corrected chi connectivity index (χ2v) is 13.4. The molecule has 0 heterocycles. The molecule has 4 rings (SSSR count). The SMILES string of the molecule is Cc1cccc(C)c1OP(Oc1c(C)cccc1C)N(C)P(Oc1c(C)cccc1C)Oc1c(C)cccc1C. The fourth-order valence-electron chi connectivity index (χ4n) is 4.42. The lowest BCUT2D eigenvalue weighted by atomic mass is 10.1. The van der Waals surface area contributed by atoms with Crippen LogP contribution in [0.4, 0.5) is 0 Å². The van der Waals surface area contributed by atoms with E-state index in [1.807, 2.05) is 35.8 Å². The van der Waals surface area contributed by atoms with Crippen molar-refractivity contribution in [3.05, 3.63) is 117 Å². The fraction of sp³-hybridized carbons (Fsp3) is 0.273. The van der Waals surface area contributed by atoms with Gasteiger partial charge in [-0.1, -0.05) is 72.8 Å². The van der Waals surface area contributed by atoms with E-state index in [9.17, 15) is 0 Å². The summed E-state index contributed by atoms with van der Waals surface area (Å²) in [5.41, 5.74) is 8.35. The van der Waals surface area contributed by atoms with Gasteiger partial charge in [-0.15, -0.1) is 4.44 Å². The number of nitrogens with zero attached hydrogens (tertiary/aromatic N) is 1. The molecule has 0 fully saturated rings. The zero-order chi connectivity index (χ0) is 29.0. The van der Waals surface area contributed by atoms with Crippen molar-refractivity contribution in [2.75, 3.05) is 7.05 Å². The number of hydrogen-bond acceptors (Lipinski definition) is 5. The lowest BCUT2D eigenvalue weighted by Crippen LogP contribution is -2.20. The van der Waals surface area contributed by atoms with Crippen LogP contribution in [0.25, 0.3) is 0 Å². The summed E-state index contributed by atoms with van der Waals surface area (Å²) >= 11 is 0. The van der Waals surface area contributed by atoms with Crippen molar-refractivity contribution >= 4 is 17.1 Å². The molecular formula is C33H39NO4P2. The van der Waals surface area contributed by atoms with Crippen LogP contribution < -0.4 is 18.1 Å². The minimum Gasteiger partial charge on any atom is -0.426 e. The molecule has 0 aliphatic carbocycles. The van der Waals surface area contributed by atoms with Crippen molar-refractivity contribution < 1.29 is 18.1 Å². The van der Waals surface area contributed by atoms with Crippen molar-refractivity contribution in [2.45, 2.75) is 55.4 Å². The first kappa shape index (κ1) is 29.9. The predicted molar refractivity (Wildman–Crippen MR) is 168 cm³/mol. The molecule has 0 spiro atoms. The third-order valence-corrected chi connectivity index (χ3v) is 9.96. The minimum absolute atomic E-state index is 0.806. The van der Waals surface area contributed by atoms with Gasteiger partial charge in [0.05, 0.1) is 0 Å². The highest BCUT2D eigenvalue weighted by Gasteiger charge is 2.36. The molecule has 5 nitrogen and oxygen atoms in total. The van der Waals surface area contributed by atoms with Crippen molar-refractivity contribution in [1.29, 1.82) is 0 Å². The highest BCUT2D eigenvalue weighted by Crippen LogP contribution is 2.59. The maximum Gasteiger partial charge on any atom is 0.393 e. The Kier molecular flexibility index (Phi) is 9.74. The normalized spacial score (nSPS) is 11.3. The number of aryl methyl sites for hydroxylation is 8. The lowest BCUT2D eigenvalue weighted by molar-refractivity contribution is 0.399. The Bertz CT molecular complexity index is 1190. The molecule has 0 N–H and O–H groups in total. The molecule has 4 aromatic rings. The third-order valence-electron chi connectivity index (χ3n) is 6.79. The average Bonchev–Trinajstić information content (AvgIpc) is 2.90. The van der Waals surface area contributed by atoms with E-state index in [-0.39, 0.29) is 0 Å². The molecule has 0 aliphatic heterocycles. The van der Waals surface area contributed by atoms with Crippen molar-refractivity contribution in [2.24, 2.45) is 0 Å². The fourth-order valence-corrected chi connectivity index (χ4v) is 7.66. The molecule has 0 aromatic heterocycles. The zero-order valence-corrected chi connectivity index (χ0v) is 26.7. The molecule has 7 heteroatoms. The van der Waals surface area contributed by atoms with Crippen LogP contribution in [0.3, 0.4) is 0 Å². The largest absolute Gasteiger partial charge is 0.426 e. The molecule has 0 saturated carbocycles. The number of benzene rings is 4. The maximum atomic E-state index is 6.75. The molecular weight excluding hydrogens is 536 g/mol. The maximum absolute atomic E-state index is 6.75. The van der Waals surface area contributed by atoms with Gasteiger partial charge >= 0.3 is 17.1 Å². The molecule has 0 atom stereocenters. The molecule has 0 unspecified atom stereocenters. The van der Waals surface area contributed by atoms with E-state index in [0.717, 1.165) is 67.5 Å². The van der Waals surface area contributed by atoms with E-state index in [4.69, 9.17) is 18.1 Å². The van der Waals surface area contributed by atoms with Gasteiger partial charge in [-0.25, -0.2) is 0 Å². The summed E-state index contributed by atoms with van der Waals surface area (Å²) in [6.45, 7) is 16.4. The van der Waals surface area contributed by atoms with E-state index in [1.165, 1.54) is 0 Å². The van der Waals surface area contributed by atoms with Gasteiger partial charge in [-0.2, -0.15) is 0 Å². The second-order valence-electron chi connectivity index (χ2n) is 10.2. The third kappa shape index (κ3) is 6.78. The van der Waals surface area contributed by atoms with Gasteiger partial charge < -0.3 is 18.1 Å². The first-order chi connectivity index (χ1) is 19.1. The summed E-state index contributed by atoms with van der Waals surface area (Å²) in [6.07, 6.45) is 0. The van der Waals surface area contributed by atoms with Crippen LogP contribution in [0, 0.1) is 55.4 Å². The van der Waals surface area contributed by atoms with Gasteiger partial charge in [0.2, 0.25) is 0 Å². The quantitative estimate of drug-likeness (QED) is 0.176. The highest BCUT2D eigenvalue weighted by atomic mass is 31.2. The Morgan fingerprint density at radius 2 is 0.550 bits per heavy atom. The standard InChI is InChI=1S/C33H39NO4P2/c1-22-14-10-15-23(2)30(22)35-39(36-31-24(3)16-11-17-25(31)4)34(9)40(37-32-26(5)18-12-19-27(32)6)38-33-28(7)20-13-21-29(33)8/h10-21H,1-9H3. The summed E-state index contributed by atoms with van der Waals surface area (Å²) in [5.74, 6) is 3.23. The van der Waals surface area contributed by atoms with Crippen LogP contribution >= 0.6 is 17.1 Å². The highest BCUT2D eigenvalue weighted by molar-refractivity contribution is 7.61. The van der Waals surface area contributed by atoms with Crippen LogP contribution in [0.1, 0.15) is 44.5 Å². The molecule has 0 saturated heterocycles. The Balaban J connectivity index is 1.80. The van der Waals surface area contributed by atoms with E-state index >= 15 is 0 Å². The van der Waals surface area contributed by atoms with Gasteiger partial charge in [-0.05, 0) is 99.9 Å². The zero-order valence-electron chi connectivity index (χ0n) is 24.9. The molecule has 0 bridgehead atoms. The predicted octanol–water partition coefficient (Wildman–Crippen LogP) is 10.2. The average molecular weight is 576 g/mol. The molecule has 40 heavy (non-hydrogen) atoms. The minimum atomic E-state index is -1.70. The van der Waals surface area contributed by atoms with Gasteiger partial charge in [0.15, 0.2) is 0 Å². The first-order valence-corrected chi connectivity index (χ1v) is 15.6. The van der Waals surface area contributed by atoms with Gasteiger partial charge in [0.25, 0.3) is 0 Å². The molecule has 0 radical (unpaired) electrons. The number of rotatable bonds is 10. The van der Waals surface area contributed by atoms with Crippen LogP contribution in [-0.2, 0) is 0 Å². The van der Waals surface area contributed by atoms with Crippen molar-refractivity contribution in [1.82, 2.24) is 4.44 Å². The Labute approximate surface area is 242 Å². The van der Waals surface area contributed by atoms with Crippen molar-refractivity contribution in [3.8, 4) is 23.0 Å². The molecule has 210 valence electrons. The summed E-state index contributed by atoms with van der Waals surface area (Å²) in [7, 11) is -1.44. The molecule has 4 aromatic carbocycles. The van der Waals surface area contributed by atoms with Gasteiger partial charge in [0, 0.05) is 7.05 Å².